The molecule has 0 radical (unpaired) electrons. The lowest BCUT2D eigenvalue weighted by Gasteiger charge is -2.29. The van der Waals surface area contributed by atoms with Crippen LogP contribution in [-0.2, 0) is 6.54 Å². The minimum absolute atomic E-state index is 0.241. The third kappa shape index (κ3) is 2.45. The number of rotatable bonds is 4. The second kappa shape index (κ2) is 5.41. The van der Waals surface area contributed by atoms with Gasteiger partial charge in [0.2, 0.25) is 0 Å². The van der Waals surface area contributed by atoms with Crippen molar-refractivity contribution in [1.29, 1.82) is 0 Å². The van der Waals surface area contributed by atoms with Crippen LogP contribution in [0.4, 0.5) is 0 Å². The Morgan fingerprint density at radius 1 is 1.50 bits per heavy atom. The van der Waals surface area contributed by atoms with Crippen molar-refractivity contribution in [2.75, 3.05) is 6.54 Å². The molecule has 0 saturated carbocycles. The number of nitrogens with two attached hydrogens (primary N) is 1. The molecular formula is C14H26N4. The Labute approximate surface area is 110 Å². The lowest BCUT2D eigenvalue weighted by Crippen LogP contribution is -2.36. The number of likely N-dealkylation sites (tertiary alicyclic amines) is 1. The molecule has 1 aromatic heterocycles. The lowest BCUT2D eigenvalue weighted by molar-refractivity contribution is 0.197. The van der Waals surface area contributed by atoms with Crippen molar-refractivity contribution >= 4 is 0 Å². The zero-order valence-corrected chi connectivity index (χ0v) is 12.1. The van der Waals surface area contributed by atoms with Crippen molar-refractivity contribution in [3.63, 3.8) is 0 Å². The summed E-state index contributed by atoms with van der Waals surface area (Å²) in [5, 5.41) is 4.61. The van der Waals surface area contributed by atoms with E-state index in [4.69, 9.17) is 5.73 Å². The normalized spacial score (nSPS) is 25.2. The first kappa shape index (κ1) is 13.6. The highest BCUT2D eigenvalue weighted by molar-refractivity contribution is 5.24. The van der Waals surface area contributed by atoms with Gasteiger partial charge in [-0.25, -0.2) is 0 Å². The summed E-state index contributed by atoms with van der Waals surface area (Å²) >= 11 is 0. The van der Waals surface area contributed by atoms with E-state index in [-0.39, 0.29) is 6.04 Å². The molecule has 0 aromatic carbocycles. The number of nitrogens with zero attached hydrogens (tertiary/aromatic N) is 3. The van der Waals surface area contributed by atoms with Gasteiger partial charge in [0.15, 0.2) is 0 Å². The Morgan fingerprint density at radius 3 is 2.83 bits per heavy atom. The molecule has 0 bridgehead atoms. The molecule has 4 heteroatoms. The molecular weight excluding hydrogens is 224 g/mol. The first-order valence-corrected chi connectivity index (χ1v) is 7.09. The van der Waals surface area contributed by atoms with Crippen molar-refractivity contribution in [3.05, 3.63) is 17.5 Å². The van der Waals surface area contributed by atoms with Gasteiger partial charge in [0.1, 0.15) is 0 Å². The van der Waals surface area contributed by atoms with E-state index in [1.165, 1.54) is 5.56 Å². The molecule has 2 N–H and O–H groups in total. The molecule has 0 spiro atoms. The Bertz CT molecular complexity index is 396. The van der Waals surface area contributed by atoms with Crippen molar-refractivity contribution in [2.24, 2.45) is 5.73 Å². The molecule has 0 amide bonds. The highest BCUT2D eigenvalue weighted by Gasteiger charge is 2.36. The standard InChI is InChI=1S/C14H26N4/c1-5-7-17-9-12(11(4)16-17)14-13(15)6-8-18(14)10(2)3/h9-10,13-14H,5-8,15H2,1-4H3/t13-,14+/m0/s1. The lowest BCUT2D eigenvalue weighted by atomic mass is 10.0. The molecule has 1 saturated heterocycles. The van der Waals surface area contributed by atoms with Crippen LogP contribution in [0.15, 0.2) is 6.20 Å². The van der Waals surface area contributed by atoms with Crippen LogP contribution in [0.2, 0.25) is 0 Å². The SMILES string of the molecule is CCCn1cc([C@@H]2[C@@H](N)CCN2C(C)C)c(C)n1. The fourth-order valence-corrected chi connectivity index (χ4v) is 3.00. The maximum absolute atomic E-state index is 6.31. The van der Waals surface area contributed by atoms with E-state index in [0.29, 0.717) is 12.1 Å². The summed E-state index contributed by atoms with van der Waals surface area (Å²) in [6.45, 7) is 10.9. The summed E-state index contributed by atoms with van der Waals surface area (Å²) < 4.78 is 2.06. The van der Waals surface area contributed by atoms with Gasteiger partial charge in [-0.15, -0.1) is 0 Å². The average Bonchev–Trinajstić information content (AvgIpc) is 2.82. The van der Waals surface area contributed by atoms with Gasteiger partial charge in [-0.05, 0) is 33.6 Å². The van der Waals surface area contributed by atoms with Gasteiger partial charge < -0.3 is 5.73 Å². The van der Waals surface area contributed by atoms with Crippen LogP contribution in [0.25, 0.3) is 0 Å². The molecule has 102 valence electrons. The minimum atomic E-state index is 0.241. The molecule has 1 aliphatic rings. The summed E-state index contributed by atoms with van der Waals surface area (Å²) in [5.41, 5.74) is 8.77. The Balaban J connectivity index is 2.28. The summed E-state index contributed by atoms with van der Waals surface area (Å²) in [7, 11) is 0. The predicted molar refractivity (Wildman–Crippen MR) is 74.4 cm³/mol. The summed E-state index contributed by atoms with van der Waals surface area (Å²) in [4.78, 5) is 2.50. The van der Waals surface area contributed by atoms with Gasteiger partial charge in [-0.1, -0.05) is 6.92 Å². The summed E-state index contributed by atoms with van der Waals surface area (Å²) in [5.74, 6) is 0. The van der Waals surface area contributed by atoms with Gasteiger partial charge >= 0.3 is 0 Å². The number of aryl methyl sites for hydroxylation is 2. The minimum Gasteiger partial charge on any atom is -0.326 e. The van der Waals surface area contributed by atoms with Crippen LogP contribution in [0.5, 0.6) is 0 Å². The third-order valence-electron chi connectivity index (χ3n) is 3.90. The second-order valence-corrected chi connectivity index (χ2v) is 5.66. The quantitative estimate of drug-likeness (QED) is 0.890. The molecule has 4 nitrogen and oxygen atoms in total. The maximum atomic E-state index is 6.31. The van der Waals surface area contributed by atoms with Gasteiger partial charge in [-0.3, -0.25) is 9.58 Å². The number of hydrogen-bond donors (Lipinski definition) is 1. The van der Waals surface area contributed by atoms with Gasteiger partial charge in [0.05, 0.1) is 11.7 Å². The van der Waals surface area contributed by atoms with E-state index in [1.807, 2.05) is 0 Å². The topological polar surface area (TPSA) is 47.1 Å². The zero-order valence-electron chi connectivity index (χ0n) is 12.1. The number of hydrogen-bond acceptors (Lipinski definition) is 3. The van der Waals surface area contributed by atoms with E-state index in [2.05, 4.69) is 48.6 Å². The van der Waals surface area contributed by atoms with Crippen LogP contribution >= 0.6 is 0 Å². The molecule has 2 atom stereocenters. The van der Waals surface area contributed by atoms with Crippen molar-refractivity contribution < 1.29 is 0 Å². The van der Waals surface area contributed by atoms with E-state index in [9.17, 15) is 0 Å². The highest BCUT2D eigenvalue weighted by Crippen LogP contribution is 2.34. The fraction of sp³-hybridized carbons (Fsp3) is 0.786. The number of aromatic nitrogens is 2. The largest absolute Gasteiger partial charge is 0.326 e. The molecule has 1 aliphatic heterocycles. The third-order valence-corrected chi connectivity index (χ3v) is 3.90. The second-order valence-electron chi connectivity index (χ2n) is 5.66. The summed E-state index contributed by atoms with van der Waals surface area (Å²) in [6, 6.07) is 1.12. The zero-order chi connectivity index (χ0) is 13.3. The molecule has 0 aliphatic carbocycles. The molecule has 0 unspecified atom stereocenters. The maximum Gasteiger partial charge on any atom is 0.0642 e. The molecule has 2 rings (SSSR count). The van der Waals surface area contributed by atoms with E-state index in [1.54, 1.807) is 0 Å². The molecule has 2 heterocycles. The Hall–Kier alpha value is -0.870. The van der Waals surface area contributed by atoms with Crippen molar-refractivity contribution in [3.8, 4) is 0 Å². The molecule has 1 aromatic rings. The first-order chi connectivity index (χ1) is 8.54. The molecule has 1 fully saturated rings. The fourth-order valence-electron chi connectivity index (χ4n) is 3.00. The Kier molecular flexibility index (Phi) is 4.07. The van der Waals surface area contributed by atoms with Crippen LogP contribution in [0.1, 0.15) is 50.9 Å². The van der Waals surface area contributed by atoms with Crippen molar-refractivity contribution in [2.45, 2.75) is 65.2 Å². The van der Waals surface area contributed by atoms with E-state index in [0.717, 1.165) is 31.6 Å². The monoisotopic (exact) mass is 250 g/mol. The average molecular weight is 250 g/mol. The van der Waals surface area contributed by atoms with Crippen molar-refractivity contribution in [1.82, 2.24) is 14.7 Å². The van der Waals surface area contributed by atoms with Gasteiger partial charge in [0, 0.05) is 36.9 Å². The van der Waals surface area contributed by atoms with Crippen LogP contribution in [0, 0.1) is 6.92 Å². The van der Waals surface area contributed by atoms with Gasteiger partial charge in [-0.2, -0.15) is 5.10 Å². The van der Waals surface area contributed by atoms with Crippen LogP contribution in [-0.4, -0.2) is 33.3 Å². The first-order valence-electron chi connectivity index (χ1n) is 7.09. The van der Waals surface area contributed by atoms with Gasteiger partial charge in [0.25, 0.3) is 0 Å². The summed E-state index contributed by atoms with van der Waals surface area (Å²) in [6.07, 6.45) is 4.40. The predicted octanol–water partition coefficient (Wildman–Crippen LogP) is 2.08. The van der Waals surface area contributed by atoms with Crippen LogP contribution in [0.3, 0.4) is 0 Å². The molecule has 18 heavy (non-hydrogen) atoms. The van der Waals surface area contributed by atoms with E-state index < -0.39 is 0 Å². The van der Waals surface area contributed by atoms with E-state index >= 15 is 0 Å². The smallest absolute Gasteiger partial charge is 0.0642 e. The highest BCUT2D eigenvalue weighted by atomic mass is 15.3. The van der Waals surface area contributed by atoms with Crippen LogP contribution < -0.4 is 5.73 Å². The Morgan fingerprint density at radius 2 is 2.22 bits per heavy atom.